The second-order valence-corrected chi connectivity index (χ2v) is 3.91. The third kappa shape index (κ3) is 2.49. The molecule has 80 valence electrons. The number of rotatable bonds is 2. The minimum absolute atomic E-state index is 0.201. The predicted molar refractivity (Wildman–Crippen MR) is 55.5 cm³/mol. The van der Waals surface area contributed by atoms with E-state index in [0.29, 0.717) is 26.2 Å². The maximum Gasteiger partial charge on any atom is 0.280 e. The van der Waals surface area contributed by atoms with Gasteiger partial charge in [0.15, 0.2) is 0 Å². The van der Waals surface area contributed by atoms with E-state index in [4.69, 9.17) is 0 Å². The molecule has 0 radical (unpaired) electrons. The Labute approximate surface area is 88.2 Å². The molecule has 0 N–H and O–H groups in total. The van der Waals surface area contributed by atoms with E-state index in [1.807, 2.05) is 24.4 Å². The van der Waals surface area contributed by atoms with E-state index in [1.54, 1.807) is 0 Å². The maximum atomic E-state index is 11.5. The van der Waals surface area contributed by atoms with Crippen LogP contribution in [0.2, 0.25) is 0 Å². The van der Waals surface area contributed by atoms with E-state index in [-0.39, 0.29) is 6.04 Å². The topological polar surface area (TPSA) is 43.4 Å². The quantitative estimate of drug-likeness (QED) is 0.615. The number of allylic oxidation sites excluding steroid dienone is 2. The van der Waals surface area contributed by atoms with Gasteiger partial charge < -0.3 is 4.90 Å². The van der Waals surface area contributed by atoms with Gasteiger partial charge in [-0.1, -0.05) is 12.2 Å². The molecule has 2 rings (SSSR count). The Balaban J connectivity index is 1.92. The highest BCUT2D eigenvalue weighted by Crippen LogP contribution is 2.05. The minimum atomic E-state index is -0.201. The van der Waals surface area contributed by atoms with Gasteiger partial charge in [-0.15, -0.1) is 0 Å². The Kier molecular flexibility index (Phi) is 2.89. The van der Waals surface area contributed by atoms with Crippen molar-refractivity contribution in [3.8, 4) is 0 Å². The van der Waals surface area contributed by atoms with Crippen LogP contribution in [0.3, 0.4) is 0 Å². The second kappa shape index (κ2) is 4.33. The summed E-state index contributed by atoms with van der Waals surface area (Å²) in [6.45, 7) is 2.41. The van der Waals surface area contributed by atoms with Gasteiger partial charge in [-0.3, -0.25) is 0 Å². The molecule has 1 saturated heterocycles. The molecule has 0 aliphatic carbocycles. The Hall–Kier alpha value is -1.52. The van der Waals surface area contributed by atoms with Gasteiger partial charge in [-0.05, 0) is 12.3 Å². The summed E-state index contributed by atoms with van der Waals surface area (Å²) in [6.07, 6.45) is 7.91. The standard InChI is InChI=1S/C10H15N3O2/c14-12-6-7-13(15)10(9-12)8-11-4-2-1-3-5-11/h1-4,10H,5-9H2/q+2. The van der Waals surface area contributed by atoms with Gasteiger partial charge in [-0.2, -0.15) is 0 Å². The van der Waals surface area contributed by atoms with Gasteiger partial charge >= 0.3 is 0 Å². The number of hydrogen-bond donors (Lipinski definition) is 0. The van der Waals surface area contributed by atoms with Crippen LogP contribution in [-0.2, 0) is 0 Å². The van der Waals surface area contributed by atoms with Crippen LogP contribution in [0.1, 0.15) is 0 Å². The lowest BCUT2D eigenvalue weighted by atomic mass is 10.2. The molecule has 1 fully saturated rings. The fraction of sp³-hybridized carbons (Fsp3) is 0.600. The molecular formula is C10H15N3O2+2. The SMILES string of the molecule is O=[N+]1CC[N+](=O)C(CN2C=CC=CC2)C1. The zero-order chi connectivity index (χ0) is 10.7. The minimum Gasteiger partial charge on any atom is -0.367 e. The number of nitrogens with zero attached hydrogens (tertiary/aromatic N) is 3. The smallest absolute Gasteiger partial charge is 0.280 e. The average Bonchev–Trinajstić information content (AvgIpc) is 2.25. The molecule has 0 bridgehead atoms. The van der Waals surface area contributed by atoms with Gasteiger partial charge in [0, 0.05) is 25.9 Å². The van der Waals surface area contributed by atoms with E-state index in [1.165, 1.54) is 0 Å². The lowest BCUT2D eigenvalue weighted by molar-refractivity contribution is -0.708. The van der Waals surface area contributed by atoms with Crippen molar-refractivity contribution in [1.29, 1.82) is 0 Å². The van der Waals surface area contributed by atoms with E-state index < -0.39 is 0 Å². The zero-order valence-corrected chi connectivity index (χ0v) is 8.58. The summed E-state index contributed by atoms with van der Waals surface area (Å²) in [4.78, 5) is 24.7. The van der Waals surface area contributed by atoms with Crippen LogP contribution in [0.25, 0.3) is 0 Å². The first-order chi connectivity index (χ1) is 7.25. The van der Waals surface area contributed by atoms with E-state index in [2.05, 4.69) is 4.90 Å². The van der Waals surface area contributed by atoms with E-state index in [9.17, 15) is 9.81 Å². The molecule has 0 aromatic heterocycles. The average molecular weight is 209 g/mol. The molecule has 1 atom stereocenters. The van der Waals surface area contributed by atoms with Crippen LogP contribution in [0.4, 0.5) is 0 Å². The third-order valence-corrected chi connectivity index (χ3v) is 2.72. The highest BCUT2D eigenvalue weighted by molar-refractivity contribution is 5.08. The lowest BCUT2D eigenvalue weighted by Crippen LogP contribution is -2.47. The van der Waals surface area contributed by atoms with Gasteiger partial charge in [0.2, 0.25) is 0 Å². The van der Waals surface area contributed by atoms with E-state index >= 15 is 0 Å². The molecule has 0 aromatic carbocycles. The van der Waals surface area contributed by atoms with Crippen molar-refractivity contribution >= 4 is 0 Å². The first-order valence-electron chi connectivity index (χ1n) is 5.19. The number of hydrogen-bond acceptors (Lipinski definition) is 3. The largest absolute Gasteiger partial charge is 0.367 e. The van der Waals surface area contributed by atoms with Crippen LogP contribution in [0.15, 0.2) is 24.4 Å². The maximum absolute atomic E-state index is 11.5. The van der Waals surface area contributed by atoms with Crippen LogP contribution in [0.5, 0.6) is 0 Å². The van der Waals surface area contributed by atoms with Gasteiger partial charge in [0.1, 0.15) is 0 Å². The van der Waals surface area contributed by atoms with Crippen LogP contribution in [0, 0.1) is 9.81 Å². The Bertz CT molecular complexity index is 336. The van der Waals surface area contributed by atoms with Gasteiger partial charge in [0.05, 0.1) is 6.54 Å². The Morgan fingerprint density at radius 2 is 2.13 bits per heavy atom. The highest BCUT2D eigenvalue weighted by atomic mass is 16.3. The molecule has 15 heavy (non-hydrogen) atoms. The lowest BCUT2D eigenvalue weighted by Gasteiger charge is -2.21. The normalized spacial score (nSPS) is 26.1. The third-order valence-electron chi connectivity index (χ3n) is 2.72. The van der Waals surface area contributed by atoms with Crippen molar-refractivity contribution in [2.75, 3.05) is 32.7 Å². The van der Waals surface area contributed by atoms with Crippen molar-refractivity contribution in [3.63, 3.8) is 0 Å². The molecule has 0 aromatic rings. The highest BCUT2D eigenvalue weighted by Gasteiger charge is 2.39. The molecule has 1 unspecified atom stereocenters. The molecule has 5 heteroatoms. The summed E-state index contributed by atoms with van der Waals surface area (Å²) in [7, 11) is 0. The van der Waals surface area contributed by atoms with Crippen molar-refractivity contribution in [1.82, 2.24) is 4.90 Å². The molecule has 0 saturated carbocycles. The fourth-order valence-electron chi connectivity index (χ4n) is 1.87. The first kappa shape index (κ1) is 10.0. The van der Waals surface area contributed by atoms with Crippen molar-refractivity contribution < 1.29 is 9.52 Å². The Morgan fingerprint density at radius 1 is 1.27 bits per heavy atom. The van der Waals surface area contributed by atoms with Gasteiger partial charge in [-0.25, -0.2) is 0 Å². The molecular weight excluding hydrogens is 194 g/mol. The van der Waals surface area contributed by atoms with Crippen molar-refractivity contribution in [2.45, 2.75) is 6.04 Å². The summed E-state index contributed by atoms with van der Waals surface area (Å²) < 4.78 is 2.00. The molecule has 0 spiro atoms. The van der Waals surface area contributed by atoms with E-state index in [0.717, 1.165) is 16.1 Å². The number of nitroso groups, excluding NO2 is 2. The van der Waals surface area contributed by atoms with Crippen LogP contribution in [-0.4, -0.2) is 53.2 Å². The monoisotopic (exact) mass is 209 g/mol. The first-order valence-corrected chi connectivity index (χ1v) is 5.19. The molecule has 2 aliphatic heterocycles. The molecule has 0 amide bonds. The predicted octanol–water partition coefficient (Wildman–Crippen LogP) is 0.312. The number of piperazine rings is 1. The fourth-order valence-corrected chi connectivity index (χ4v) is 1.87. The van der Waals surface area contributed by atoms with Crippen LogP contribution >= 0.6 is 0 Å². The summed E-state index contributed by atoms with van der Waals surface area (Å²) in [5.74, 6) is 0. The summed E-state index contributed by atoms with van der Waals surface area (Å²) in [6, 6.07) is -0.201. The molecule has 5 nitrogen and oxygen atoms in total. The van der Waals surface area contributed by atoms with Gasteiger partial charge in [0.25, 0.3) is 25.7 Å². The van der Waals surface area contributed by atoms with Crippen LogP contribution < -0.4 is 0 Å². The molecule has 2 heterocycles. The van der Waals surface area contributed by atoms with Crippen molar-refractivity contribution in [3.05, 3.63) is 34.2 Å². The summed E-state index contributed by atoms with van der Waals surface area (Å²) in [5.41, 5.74) is 0. The Morgan fingerprint density at radius 3 is 2.87 bits per heavy atom. The van der Waals surface area contributed by atoms with Crippen molar-refractivity contribution in [2.24, 2.45) is 0 Å². The summed E-state index contributed by atoms with van der Waals surface area (Å²) >= 11 is 0. The summed E-state index contributed by atoms with van der Waals surface area (Å²) in [5, 5.41) is 0. The zero-order valence-electron chi connectivity index (χ0n) is 8.58. The molecule has 2 aliphatic rings. The second-order valence-electron chi connectivity index (χ2n) is 3.91.